The molecule has 21 heavy (non-hydrogen) atoms. The van der Waals surface area contributed by atoms with E-state index in [2.05, 4.69) is 10.6 Å². The predicted molar refractivity (Wildman–Crippen MR) is 81.4 cm³/mol. The van der Waals surface area contributed by atoms with Crippen molar-refractivity contribution in [3.8, 4) is 0 Å². The monoisotopic (exact) mass is 311 g/mol. The van der Waals surface area contributed by atoms with Gasteiger partial charge >= 0.3 is 0 Å². The highest BCUT2D eigenvalue weighted by Gasteiger charge is 2.29. The summed E-state index contributed by atoms with van der Waals surface area (Å²) in [7, 11) is -3.79. The van der Waals surface area contributed by atoms with Gasteiger partial charge < -0.3 is 10.6 Å². The maximum Gasteiger partial charge on any atom is 0.238 e. The van der Waals surface area contributed by atoms with E-state index in [0.29, 0.717) is 11.6 Å². The van der Waals surface area contributed by atoms with Crippen LogP contribution in [-0.4, -0.2) is 27.4 Å². The number of hydrogen-bond donors (Lipinski definition) is 3. The second-order valence-corrected chi connectivity index (χ2v) is 7.22. The summed E-state index contributed by atoms with van der Waals surface area (Å²) in [5.41, 5.74) is 2.12. The average molecular weight is 311 g/mol. The van der Waals surface area contributed by atoms with Gasteiger partial charge in [0.25, 0.3) is 0 Å². The van der Waals surface area contributed by atoms with E-state index in [0.717, 1.165) is 24.2 Å². The van der Waals surface area contributed by atoms with E-state index in [1.807, 2.05) is 13.8 Å². The Labute approximate surface area is 125 Å². The number of benzene rings is 1. The first kappa shape index (κ1) is 15.9. The smallest absolute Gasteiger partial charge is 0.238 e. The first-order chi connectivity index (χ1) is 9.70. The molecule has 0 aromatic heterocycles. The Kier molecular flexibility index (Phi) is 4.36. The predicted octanol–water partition coefficient (Wildman–Crippen LogP) is 0.745. The molecule has 1 unspecified atom stereocenters. The van der Waals surface area contributed by atoms with Crippen molar-refractivity contribution in [1.29, 1.82) is 0 Å². The van der Waals surface area contributed by atoms with Crippen LogP contribution in [0.1, 0.15) is 18.1 Å². The van der Waals surface area contributed by atoms with Gasteiger partial charge in [-0.1, -0.05) is 6.92 Å². The Morgan fingerprint density at radius 1 is 1.38 bits per heavy atom. The Balaban J connectivity index is 2.26. The van der Waals surface area contributed by atoms with Crippen molar-refractivity contribution in [3.05, 3.63) is 23.3 Å². The summed E-state index contributed by atoms with van der Waals surface area (Å²) in [5, 5.41) is 11.1. The Morgan fingerprint density at radius 2 is 2.00 bits per heavy atom. The number of hydrogen-bond acceptors (Lipinski definition) is 4. The molecule has 0 aliphatic carbocycles. The average Bonchev–Trinajstić information content (AvgIpc) is 2.31. The number of rotatable bonds is 4. The third-order valence-electron chi connectivity index (χ3n) is 4.16. The summed E-state index contributed by atoms with van der Waals surface area (Å²) in [4.78, 5) is 12.3. The largest absolute Gasteiger partial charge is 0.326 e. The molecule has 7 heteroatoms. The SMILES string of the molecule is Cc1cc(S(N)(=O)=O)cc(NC(=O)C(C)C2CNC2)c1C. The van der Waals surface area contributed by atoms with Crippen LogP contribution < -0.4 is 15.8 Å². The van der Waals surface area contributed by atoms with Crippen LogP contribution in [0.2, 0.25) is 0 Å². The first-order valence-corrected chi connectivity index (χ1v) is 8.40. The fourth-order valence-electron chi connectivity index (χ4n) is 2.25. The number of nitrogens with one attached hydrogen (secondary N) is 2. The van der Waals surface area contributed by atoms with Gasteiger partial charge in [-0.3, -0.25) is 4.79 Å². The second kappa shape index (κ2) is 5.75. The van der Waals surface area contributed by atoms with Gasteiger partial charge in [-0.2, -0.15) is 0 Å². The van der Waals surface area contributed by atoms with Crippen molar-refractivity contribution < 1.29 is 13.2 Å². The minimum Gasteiger partial charge on any atom is -0.326 e. The molecule has 0 saturated carbocycles. The minimum atomic E-state index is -3.79. The molecule has 1 aliphatic heterocycles. The van der Waals surface area contributed by atoms with E-state index < -0.39 is 10.0 Å². The molecule has 116 valence electrons. The highest BCUT2D eigenvalue weighted by Crippen LogP contribution is 2.25. The van der Waals surface area contributed by atoms with Crippen LogP contribution >= 0.6 is 0 Å². The number of aryl methyl sites for hydroxylation is 1. The highest BCUT2D eigenvalue weighted by atomic mass is 32.2. The molecular weight excluding hydrogens is 290 g/mol. The fraction of sp³-hybridized carbons (Fsp3) is 0.500. The number of carbonyl (C=O) groups excluding carboxylic acids is 1. The van der Waals surface area contributed by atoms with Gasteiger partial charge in [0.1, 0.15) is 0 Å². The number of carbonyl (C=O) groups is 1. The van der Waals surface area contributed by atoms with E-state index in [9.17, 15) is 13.2 Å². The third-order valence-corrected chi connectivity index (χ3v) is 5.05. The molecule has 1 fully saturated rings. The summed E-state index contributed by atoms with van der Waals surface area (Å²) in [6.07, 6.45) is 0. The highest BCUT2D eigenvalue weighted by molar-refractivity contribution is 7.89. The topological polar surface area (TPSA) is 101 Å². The fourth-order valence-corrected chi connectivity index (χ4v) is 2.87. The van der Waals surface area contributed by atoms with E-state index in [1.165, 1.54) is 12.1 Å². The van der Waals surface area contributed by atoms with Gasteiger partial charge in [0.05, 0.1) is 4.90 Å². The van der Waals surface area contributed by atoms with E-state index >= 15 is 0 Å². The zero-order valence-corrected chi connectivity index (χ0v) is 13.3. The molecule has 1 amide bonds. The van der Waals surface area contributed by atoms with Crippen molar-refractivity contribution in [1.82, 2.24) is 5.32 Å². The van der Waals surface area contributed by atoms with Gasteiger partial charge in [0, 0.05) is 11.6 Å². The number of nitrogens with two attached hydrogens (primary N) is 1. The zero-order valence-electron chi connectivity index (χ0n) is 12.4. The lowest BCUT2D eigenvalue weighted by atomic mass is 9.88. The van der Waals surface area contributed by atoms with Gasteiger partial charge in [-0.15, -0.1) is 0 Å². The van der Waals surface area contributed by atoms with Gasteiger partial charge in [0.2, 0.25) is 15.9 Å². The number of amides is 1. The van der Waals surface area contributed by atoms with Crippen LogP contribution in [0.4, 0.5) is 5.69 Å². The zero-order chi connectivity index (χ0) is 15.8. The number of anilines is 1. The summed E-state index contributed by atoms with van der Waals surface area (Å²) in [6, 6.07) is 2.93. The molecule has 0 bridgehead atoms. The molecule has 1 atom stereocenters. The molecule has 2 rings (SSSR count). The molecule has 1 heterocycles. The Morgan fingerprint density at radius 3 is 2.48 bits per heavy atom. The minimum absolute atomic E-state index is 0.0128. The molecule has 1 aromatic carbocycles. The maximum atomic E-state index is 12.3. The summed E-state index contributed by atoms with van der Waals surface area (Å²) in [5.74, 6) is 0.104. The first-order valence-electron chi connectivity index (χ1n) is 6.85. The molecule has 0 spiro atoms. The van der Waals surface area contributed by atoms with E-state index in [1.54, 1.807) is 6.92 Å². The molecule has 0 radical (unpaired) electrons. The second-order valence-electron chi connectivity index (χ2n) is 5.65. The van der Waals surface area contributed by atoms with Gasteiger partial charge in [-0.05, 0) is 56.1 Å². The molecule has 1 aliphatic rings. The van der Waals surface area contributed by atoms with Crippen molar-refractivity contribution >= 4 is 21.6 Å². The summed E-state index contributed by atoms with van der Waals surface area (Å²) < 4.78 is 23.0. The van der Waals surface area contributed by atoms with Crippen LogP contribution in [0.25, 0.3) is 0 Å². The van der Waals surface area contributed by atoms with Gasteiger partial charge in [0.15, 0.2) is 0 Å². The molecule has 1 aromatic rings. The lowest BCUT2D eigenvalue weighted by Crippen LogP contribution is -2.48. The third kappa shape index (κ3) is 3.42. The maximum absolute atomic E-state index is 12.3. The van der Waals surface area contributed by atoms with Gasteiger partial charge in [-0.25, -0.2) is 13.6 Å². The van der Waals surface area contributed by atoms with Crippen molar-refractivity contribution in [2.45, 2.75) is 25.7 Å². The Hall–Kier alpha value is -1.44. The molecule has 6 nitrogen and oxygen atoms in total. The van der Waals surface area contributed by atoms with Crippen LogP contribution in [0.15, 0.2) is 17.0 Å². The lowest BCUT2D eigenvalue weighted by molar-refractivity contribution is -0.121. The van der Waals surface area contributed by atoms with Crippen LogP contribution in [0, 0.1) is 25.7 Å². The number of primary sulfonamides is 1. The summed E-state index contributed by atoms with van der Waals surface area (Å²) >= 11 is 0. The summed E-state index contributed by atoms with van der Waals surface area (Å²) in [6.45, 7) is 7.19. The standard InChI is InChI=1S/C14H21N3O3S/c1-8-4-12(21(15,19)20)5-13(9(8)2)17-14(18)10(3)11-6-16-7-11/h4-5,10-11,16H,6-7H2,1-3H3,(H,17,18)(H2,15,19,20). The Bertz CT molecular complexity index is 666. The van der Waals surface area contributed by atoms with Crippen LogP contribution in [-0.2, 0) is 14.8 Å². The van der Waals surface area contributed by atoms with Crippen molar-refractivity contribution in [2.24, 2.45) is 17.0 Å². The van der Waals surface area contributed by atoms with Crippen molar-refractivity contribution in [3.63, 3.8) is 0 Å². The normalized spacial score (nSPS) is 17.1. The quantitative estimate of drug-likeness (QED) is 0.763. The lowest BCUT2D eigenvalue weighted by Gasteiger charge is -2.31. The van der Waals surface area contributed by atoms with Crippen molar-refractivity contribution in [2.75, 3.05) is 18.4 Å². The van der Waals surface area contributed by atoms with E-state index in [4.69, 9.17) is 5.14 Å². The molecular formula is C14H21N3O3S. The van der Waals surface area contributed by atoms with Crippen LogP contribution in [0.3, 0.4) is 0 Å². The van der Waals surface area contributed by atoms with Crippen LogP contribution in [0.5, 0.6) is 0 Å². The number of sulfonamides is 1. The molecule has 4 N–H and O–H groups in total. The van der Waals surface area contributed by atoms with E-state index in [-0.39, 0.29) is 16.7 Å². The molecule has 1 saturated heterocycles.